The highest BCUT2D eigenvalue weighted by atomic mass is 32.1. The fourth-order valence-electron chi connectivity index (χ4n) is 3.32. The summed E-state index contributed by atoms with van der Waals surface area (Å²) in [7, 11) is 0. The van der Waals surface area contributed by atoms with Gasteiger partial charge in [-0.2, -0.15) is 10.1 Å². The Morgan fingerprint density at radius 1 is 1.32 bits per heavy atom. The predicted molar refractivity (Wildman–Crippen MR) is 113 cm³/mol. The fraction of sp³-hybridized carbons (Fsp3) is 0.350. The summed E-state index contributed by atoms with van der Waals surface area (Å²) >= 11 is 1.48. The Kier molecular flexibility index (Phi) is 5.29. The number of fused-ring (bicyclic) bond motifs is 1. The molecule has 0 radical (unpaired) electrons. The molecule has 7 nitrogen and oxygen atoms in total. The zero-order valence-electron chi connectivity index (χ0n) is 15.9. The van der Waals surface area contributed by atoms with Crippen LogP contribution < -0.4 is 5.01 Å². The number of nitrogens with zero attached hydrogens (tertiary/aromatic N) is 5. The number of amides is 1. The lowest BCUT2D eigenvalue weighted by Crippen LogP contribution is -2.32. The summed E-state index contributed by atoms with van der Waals surface area (Å²) in [5, 5.41) is 6.72. The van der Waals surface area contributed by atoms with E-state index in [-0.39, 0.29) is 5.91 Å². The van der Waals surface area contributed by atoms with E-state index in [2.05, 4.69) is 32.0 Å². The van der Waals surface area contributed by atoms with Gasteiger partial charge in [-0.05, 0) is 25.5 Å². The monoisotopic (exact) mass is 394 g/mol. The number of hydrogen-bond donors (Lipinski definition) is 1. The molecule has 0 saturated carbocycles. The first kappa shape index (κ1) is 18.5. The molecule has 0 saturated heterocycles. The van der Waals surface area contributed by atoms with Crippen molar-refractivity contribution in [3.63, 3.8) is 0 Å². The van der Waals surface area contributed by atoms with E-state index in [4.69, 9.17) is 0 Å². The molecule has 0 fully saturated rings. The summed E-state index contributed by atoms with van der Waals surface area (Å²) in [5.74, 6) is -0.459. The van der Waals surface area contributed by atoms with Crippen LogP contribution in [0.2, 0.25) is 0 Å². The van der Waals surface area contributed by atoms with Crippen molar-refractivity contribution in [1.82, 2.24) is 15.0 Å². The number of hydrazone groups is 1. The second-order valence-electron chi connectivity index (χ2n) is 6.74. The average Bonchev–Trinajstić information content (AvgIpc) is 3.40. The second kappa shape index (κ2) is 8.02. The van der Waals surface area contributed by atoms with Gasteiger partial charge in [0.2, 0.25) is 5.13 Å². The predicted octanol–water partition coefficient (Wildman–Crippen LogP) is 3.84. The van der Waals surface area contributed by atoms with Crippen LogP contribution >= 0.6 is 11.3 Å². The highest BCUT2D eigenvalue weighted by molar-refractivity contribution is 7.22. The molecule has 3 heterocycles. The normalized spacial score (nSPS) is 17.6. The Balaban J connectivity index is 1.56. The van der Waals surface area contributed by atoms with Crippen LogP contribution in [-0.2, 0) is 11.2 Å². The van der Waals surface area contributed by atoms with Crippen LogP contribution in [0.25, 0.3) is 10.2 Å². The molecular formula is C20H22N6OS. The second-order valence-corrected chi connectivity index (χ2v) is 7.75. The molecule has 1 aromatic carbocycles. The number of carbonyl (C=O) groups is 1. The van der Waals surface area contributed by atoms with E-state index in [1.807, 2.05) is 31.2 Å². The Hall–Kier alpha value is -2.87. The molecule has 1 unspecified atom stereocenters. The first-order valence-corrected chi connectivity index (χ1v) is 10.2. The standard InChI is InChI=1S/C20H22N6OS/c1-3-6-16-18(13(2)22-10-9-14-11-21-12-23-14)19(27)26(25-16)20-24-15-7-4-5-8-17(15)28-20/h4-5,7-8,11-12,18H,3,6,9-10H2,1-2H3,(H,21,23). The third-order valence-electron chi connectivity index (χ3n) is 4.70. The van der Waals surface area contributed by atoms with Gasteiger partial charge in [-0.3, -0.25) is 9.79 Å². The number of para-hydroxylation sites is 1. The zero-order valence-corrected chi connectivity index (χ0v) is 16.7. The minimum atomic E-state index is -0.395. The van der Waals surface area contributed by atoms with E-state index in [0.717, 1.165) is 46.6 Å². The molecule has 2 aromatic heterocycles. The quantitative estimate of drug-likeness (QED) is 0.618. The van der Waals surface area contributed by atoms with E-state index < -0.39 is 5.92 Å². The van der Waals surface area contributed by atoms with Crippen molar-refractivity contribution in [3.05, 3.63) is 42.5 Å². The number of aliphatic imine (C=N–C) groups is 1. The molecule has 144 valence electrons. The number of H-pyrrole nitrogens is 1. The van der Waals surface area contributed by atoms with Gasteiger partial charge in [0.25, 0.3) is 5.91 Å². The molecule has 3 aromatic rings. The zero-order chi connectivity index (χ0) is 19.5. The summed E-state index contributed by atoms with van der Waals surface area (Å²) < 4.78 is 1.05. The van der Waals surface area contributed by atoms with Gasteiger partial charge >= 0.3 is 0 Å². The molecule has 0 spiro atoms. The van der Waals surface area contributed by atoms with Crippen molar-refractivity contribution in [2.24, 2.45) is 16.0 Å². The number of aromatic amines is 1. The molecule has 1 aliphatic heterocycles. The molecular weight excluding hydrogens is 372 g/mol. The minimum Gasteiger partial charge on any atom is -0.348 e. The van der Waals surface area contributed by atoms with Crippen LogP contribution in [-0.4, -0.2) is 38.8 Å². The Morgan fingerprint density at radius 3 is 2.93 bits per heavy atom. The van der Waals surface area contributed by atoms with Gasteiger partial charge in [-0.1, -0.05) is 36.8 Å². The molecule has 4 rings (SSSR count). The minimum absolute atomic E-state index is 0.0645. The van der Waals surface area contributed by atoms with Crippen LogP contribution in [0.3, 0.4) is 0 Å². The van der Waals surface area contributed by atoms with Crippen molar-refractivity contribution in [1.29, 1.82) is 0 Å². The van der Waals surface area contributed by atoms with Gasteiger partial charge < -0.3 is 4.98 Å². The molecule has 1 amide bonds. The van der Waals surface area contributed by atoms with E-state index in [0.29, 0.717) is 11.7 Å². The Labute approximate surface area is 167 Å². The molecule has 28 heavy (non-hydrogen) atoms. The highest BCUT2D eigenvalue weighted by Gasteiger charge is 2.39. The molecule has 1 aliphatic rings. The first-order valence-electron chi connectivity index (χ1n) is 9.42. The third kappa shape index (κ3) is 3.60. The van der Waals surface area contributed by atoms with E-state index in [1.165, 1.54) is 16.3 Å². The number of imidazole rings is 1. The SMILES string of the molecule is CCCC1=NN(c2nc3ccccc3s2)C(=O)C1C(C)=NCCc1cnc[nH]1. The summed E-state index contributed by atoms with van der Waals surface area (Å²) in [6.07, 6.45) is 5.92. The van der Waals surface area contributed by atoms with Gasteiger partial charge in [0.05, 0.1) is 22.3 Å². The van der Waals surface area contributed by atoms with E-state index in [1.54, 1.807) is 12.5 Å². The van der Waals surface area contributed by atoms with Crippen molar-refractivity contribution < 1.29 is 4.79 Å². The topological polar surface area (TPSA) is 86.6 Å². The summed E-state index contributed by atoms with van der Waals surface area (Å²) in [5.41, 5.74) is 3.60. The van der Waals surface area contributed by atoms with Gasteiger partial charge in [0, 0.05) is 30.6 Å². The molecule has 0 bridgehead atoms. The number of anilines is 1. The van der Waals surface area contributed by atoms with Gasteiger partial charge in [0.1, 0.15) is 5.92 Å². The van der Waals surface area contributed by atoms with Gasteiger partial charge in [-0.15, -0.1) is 0 Å². The van der Waals surface area contributed by atoms with Crippen molar-refractivity contribution >= 4 is 44.0 Å². The number of carbonyl (C=O) groups excluding carboxylic acids is 1. The number of nitrogens with one attached hydrogen (secondary N) is 1. The lowest BCUT2D eigenvalue weighted by atomic mass is 9.95. The molecule has 1 atom stereocenters. The maximum atomic E-state index is 13.2. The van der Waals surface area contributed by atoms with E-state index in [9.17, 15) is 4.79 Å². The highest BCUT2D eigenvalue weighted by Crippen LogP contribution is 2.33. The smallest absolute Gasteiger partial charge is 0.264 e. The van der Waals surface area contributed by atoms with Crippen molar-refractivity contribution in [3.8, 4) is 0 Å². The number of benzene rings is 1. The maximum Gasteiger partial charge on any atom is 0.264 e. The maximum absolute atomic E-state index is 13.2. The number of hydrogen-bond acceptors (Lipinski definition) is 6. The summed E-state index contributed by atoms with van der Waals surface area (Å²) in [6, 6.07) is 7.88. The van der Waals surface area contributed by atoms with Crippen LogP contribution in [0, 0.1) is 5.92 Å². The molecule has 8 heteroatoms. The first-order chi connectivity index (χ1) is 13.7. The fourth-order valence-corrected chi connectivity index (χ4v) is 4.25. The lowest BCUT2D eigenvalue weighted by molar-refractivity contribution is -0.118. The van der Waals surface area contributed by atoms with Gasteiger partial charge in [0.15, 0.2) is 0 Å². The lowest BCUT2D eigenvalue weighted by Gasteiger charge is -2.12. The number of aromatic nitrogens is 3. The van der Waals surface area contributed by atoms with Crippen LogP contribution in [0.1, 0.15) is 32.4 Å². The Bertz CT molecular complexity index is 1000. The summed E-state index contributed by atoms with van der Waals surface area (Å²) in [4.78, 5) is 29.5. The van der Waals surface area contributed by atoms with Crippen molar-refractivity contribution in [2.75, 3.05) is 11.6 Å². The number of rotatable bonds is 7. The average molecular weight is 395 g/mol. The van der Waals surface area contributed by atoms with Crippen LogP contribution in [0.4, 0.5) is 5.13 Å². The van der Waals surface area contributed by atoms with Crippen molar-refractivity contribution in [2.45, 2.75) is 33.1 Å². The van der Waals surface area contributed by atoms with Crippen LogP contribution in [0.5, 0.6) is 0 Å². The summed E-state index contributed by atoms with van der Waals surface area (Å²) in [6.45, 7) is 4.62. The van der Waals surface area contributed by atoms with Gasteiger partial charge in [-0.25, -0.2) is 9.97 Å². The number of thiazole rings is 1. The molecule has 1 N–H and O–H groups in total. The van der Waals surface area contributed by atoms with E-state index >= 15 is 0 Å². The third-order valence-corrected chi connectivity index (χ3v) is 5.71. The largest absolute Gasteiger partial charge is 0.348 e. The Morgan fingerprint density at radius 2 is 2.18 bits per heavy atom. The van der Waals surface area contributed by atoms with Crippen LogP contribution in [0.15, 0.2) is 46.9 Å². The molecule has 0 aliphatic carbocycles.